The van der Waals surface area contributed by atoms with Crippen LogP contribution in [0, 0.1) is 17.8 Å². The van der Waals surface area contributed by atoms with Crippen LogP contribution in [0.2, 0.25) is 0 Å². The van der Waals surface area contributed by atoms with Crippen LogP contribution in [0.3, 0.4) is 0 Å². The van der Waals surface area contributed by atoms with E-state index >= 15 is 0 Å². The maximum atomic E-state index is 12.5. The summed E-state index contributed by atoms with van der Waals surface area (Å²) in [5.74, 6) is 1.78. The topological polar surface area (TPSA) is 70.2 Å². The highest BCUT2D eigenvalue weighted by molar-refractivity contribution is 5.80. The Morgan fingerprint density at radius 1 is 1.32 bits per heavy atom. The zero-order chi connectivity index (χ0) is 19.1. The molecule has 2 aromatic rings. The van der Waals surface area contributed by atoms with Crippen molar-refractivity contribution < 1.29 is 9.53 Å². The van der Waals surface area contributed by atoms with E-state index in [1.807, 2.05) is 12.3 Å². The highest BCUT2D eigenvalue weighted by Crippen LogP contribution is 2.38. The van der Waals surface area contributed by atoms with E-state index in [0.29, 0.717) is 11.8 Å². The average Bonchev–Trinajstić information content (AvgIpc) is 3.23. The summed E-state index contributed by atoms with van der Waals surface area (Å²) in [6.45, 7) is 3.13. The third kappa shape index (κ3) is 3.33. The molecule has 0 aromatic carbocycles. The number of pyridine rings is 1. The molecule has 28 heavy (non-hydrogen) atoms. The molecule has 2 saturated carbocycles. The summed E-state index contributed by atoms with van der Waals surface area (Å²) >= 11 is 0. The summed E-state index contributed by atoms with van der Waals surface area (Å²) in [5, 5.41) is 3.32. The number of likely N-dealkylation sites (tertiary alicyclic amines) is 1. The second kappa shape index (κ2) is 7.48. The Morgan fingerprint density at radius 3 is 2.89 bits per heavy atom. The Kier molecular flexibility index (Phi) is 4.85. The van der Waals surface area contributed by atoms with Crippen molar-refractivity contribution >= 4 is 16.9 Å². The molecule has 150 valence electrons. The zero-order valence-corrected chi connectivity index (χ0v) is 16.6. The third-order valence-corrected chi connectivity index (χ3v) is 7.21. The van der Waals surface area contributed by atoms with Crippen LogP contribution in [-0.4, -0.2) is 53.1 Å². The number of aromatic nitrogens is 2. The lowest BCUT2D eigenvalue weighted by Crippen LogP contribution is -2.52. The number of ether oxygens (including phenoxy) is 1. The Hall–Kier alpha value is -1.92. The fourth-order valence-corrected chi connectivity index (χ4v) is 5.40. The second-order valence-electron chi connectivity index (χ2n) is 8.92. The second-order valence-corrected chi connectivity index (χ2v) is 8.92. The molecule has 0 radical (unpaired) electrons. The lowest BCUT2D eigenvalue weighted by molar-refractivity contribution is -0.130. The average molecular weight is 383 g/mol. The van der Waals surface area contributed by atoms with E-state index in [-0.39, 0.29) is 24.0 Å². The van der Waals surface area contributed by atoms with E-state index in [2.05, 4.69) is 32.4 Å². The SMILES string of the molecule is CO[C@H]1C[C@@H]2CN(Cc3c[nH]c4cccnc34)C[C@@H]2C[C@@H]1NC(=O)C1CCC1. The van der Waals surface area contributed by atoms with E-state index in [9.17, 15) is 4.79 Å². The molecule has 1 amide bonds. The molecule has 1 saturated heterocycles. The van der Waals surface area contributed by atoms with E-state index in [1.165, 1.54) is 12.0 Å². The lowest BCUT2D eigenvalue weighted by Gasteiger charge is -2.39. The van der Waals surface area contributed by atoms with Crippen LogP contribution in [0.15, 0.2) is 24.5 Å². The normalized spacial score (nSPS) is 30.9. The molecule has 5 rings (SSSR count). The summed E-state index contributed by atoms with van der Waals surface area (Å²) in [5.41, 5.74) is 3.46. The minimum atomic E-state index is 0.139. The molecule has 0 bridgehead atoms. The van der Waals surface area contributed by atoms with Gasteiger partial charge in [-0.05, 0) is 49.7 Å². The molecule has 0 unspecified atom stereocenters. The van der Waals surface area contributed by atoms with Gasteiger partial charge in [0.25, 0.3) is 0 Å². The molecular formula is C22H30N4O2. The van der Waals surface area contributed by atoms with Crippen molar-refractivity contribution in [2.75, 3.05) is 20.2 Å². The van der Waals surface area contributed by atoms with E-state index < -0.39 is 0 Å². The first-order valence-corrected chi connectivity index (χ1v) is 10.7. The molecule has 6 heteroatoms. The van der Waals surface area contributed by atoms with Gasteiger partial charge in [-0.25, -0.2) is 0 Å². The van der Waals surface area contributed by atoms with Crippen molar-refractivity contribution in [1.29, 1.82) is 0 Å². The number of nitrogens with zero attached hydrogens (tertiary/aromatic N) is 2. The smallest absolute Gasteiger partial charge is 0.223 e. The summed E-state index contributed by atoms with van der Waals surface area (Å²) in [6.07, 6.45) is 9.47. The predicted octanol–water partition coefficient (Wildman–Crippen LogP) is 2.70. The standard InChI is InChI=1S/C22H30N4O2/c1-28-20-9-16-12-26(13-17-10-24-18-6-3-7-23-21(17)18)11-15(16)8-19(20)25-22(27)14-4-2-5-14/h3,6-7,10,14-16,19-20,24H,2,4-5,8-9,11-13H2,1H3,(H,25,27)/t15-,16+,19-,20-/m0/s1. The van der Waals surface area contributed by atoms with Gasteiger partial charge in [-0.3, -0.25) is 14.7 Å². The number of methoxy groups -OCH3 is 1. The van der Waals surface area contributed by atoms with Gasteiger partial charge in [0.2, 0.25) is 5.91 Å². The molecular weight excluding hydrogens is 352 g/mol. The number of amides is 1. The first kappa shape index (κ1) is 18.1. The van der Waals surface area contributed by atoms with Crippen LogP contribution in [0.4, 0.5) is 0 Å². The van der Waals surface area contributed by atoms with Gasteiger partial charge >= 0.3 is 0 Å². The van der Waals surface area contributed by atoms with Gasteiger partial charge in [0.15, 0.2) is 0 Å². The van der Waals surface area contributed by atoms with E-state index in [4.69, 9.17) is 4.74 Å². The minimum absolute atomic E-state index is 0.139. The molecule has 1 aliphatic heterocycles. The number of carbonyl (C=O) groups is 1. The first-order valence-electron chi connectivity index (χ1n) is 10.7. The van der Waals surface area contributed by atoms with Crippen LogP contribution in [0.1, 0.15) is 37.7 Å². The van der Waals surface area contributed by atoms with Crippen LogP contribution in [0.25, 0.3) is 11.0 Å². The van der Waals surface area contributed by atoms with Crippen molar-refractivity contribution in [3.05, 3.63) is 30.1 Å². The Morgan fingerprint density at radius 2 is 2.14 bits per heavy atom. The Balaban J connectivity index is 1.24. The van der Waals surface area contributed by atoms with Crippen LogP contribution in [-0.2, 0) is 16.1 Å². The zero-order valence-electron chi connectivity index (χ0n) is 16.6. The van der Waals surface area contributed by atoms with Crippen molar-refractivity contribution in [3.8, 4) is 0 Å². The van der Waals surface area contributed by atoms with Gasteiger partial charge in [-0.2, -0.15) is 0 Å². The number of rotatable bonds is 5. The summed E-state index contributed by atoms with van der Waals surface area (Å²) < 4.78 is 5.79. The number of H-pyrrole nitrogens is 1. The predicted molar refractivity (Wildman–Crippen MR) is 108 cm³/mol. The fraction of sp³-hybridized carbons (Fsp3) is 0.636. The van der Waals surface area contributed by atoms with Gasteiger partial charge in [0.1, 0.15) is 0 Å². The van der Waals surface area contributed by atoms with Crippen LogP contribution >= 0.6 is 0 Å². The quantitative estimate of drug-likeness (QED) is 0.834. The number of nitrogens with one attached hydrogen (secondary N) is 2. The third-order valence-electron chi connectivity index (χ3n) is 7.21. The number of hydrogen-bond donors (Lipinski definition) is 2. The molecule has 6 nitrogen and oxygen atoms in total. The molecule has 0 spiro atoms. The summed E-state index contributed by atoms with van der Waals surface area (Å²) in [6, 6.07) is 4.21. The highest BCUT2D eigenvalue weighted by Gasteiger charge is 2.43. The molecule has 2 aliphatic carbocycles. The summed E-state index contributed by atoms with van der Waals surface area (Å²) in [7, 11) is 1.79. The molecule has 3 aliphatic rings. The van der Waals surface area contributed by atoms with Gasteiger partial charge in [-0.15, -0.1) is 0 Å². The molecule has 4 atom stereocenters. The first-order chi connectivity index (χ1) is 13.7. The lowest BCUT2D eigenvalue weighted by atomic mass is 9.76. The maximum Gasteiger partial charge on any atom is 0.223 e. The number of carbonyl (C=O) groups excluding carboxylic acids is 1. The molecule has 3 heterocycles. The maximum absolute atomic E-state index is 12.5. The number of hydrogen-bond acceptors (Lipinski definition) is 4. The van der Waals surface area contributed by atoms with Gasteiger partial charge in [0.05, 0.1) is 23.2 Å². The Bertz CT molecular complexity index is 846. The number of aromatic amines is 1. The highest BCUT2D eigenvalue weighted by atomic mass is 16.5. The van der Waals surface area contributed by atoms with E-state index in [0.717, 1.165) is 56.4 Å². The Labute approximate surface area is 166 Å². The minimum Gasteiger partial charge on any atom is -0.379 e. The van der Waals surface area contributed by atoms with Crippen molar-refractivity contribution in [3.63, 3.8) is 0 Å². The molecule has 2 aromatic heterocycles. The fourth-order valence-electron chi connectivity index (χ4n) is 5.40. The largest absolute Gasteiger partial charge is 0.379 e. The van der Waals surface area contributed by atoms with Crippen LogP contribution < -0.4 is 5.32 Å². The monoisotopic (exact) mass is 382 g/mol. The van der Waals surface area contributed by atoms with Crippen molar-refractivity contribution in [1.82, 2.24) is 20.2 Å². The van der Waals surface area contributed by atoms with Crippen molar-refractivity contribution in [2.24, 2.45) is 17.8 Å². The molecule has 2 N–H and O–H groups in total. The van der Waals surface area contributed by atoms with Gasteiger partial charge in [-0.1, -0.05) is 6.42 Å². The van der Waals surface area contributed by atoms with Crippen molar-refractivity contribution in [2.45, 2.75) is 50.8 Å². The van der Waals surface area contributed by atoms with Gasteiger partial charge in [0, 0.05) is 50.6 Å². The summed E-state index contributed by atoms with van der Waals surface area (Å²) in [4.78, 5) is 22.9. The van der Waals surface area contributed by atoms with Gasteiger partial charge < -0.3 is 15.0 Å². The van der Waals surface area contributed by atoms with E-state index in [1.54, 1.807) is 7.11 Å². The number of fused-ring (bicyclic) bond motifs is 2. The molecule has 3 fully saturated rings. The van der Waals surface area contributed by atoms with Crippen LogP contribution in [0.5, 0.6) is 0 Å².